The van der Waals surface area contributed by atoms with Crippen LogP contribution in [0.25, 0.3) is 0 Å². The average Bonchev–Trinajstić information content (AvgIpc) is 2.89. The zero-order valence-electron chi connectivity index (χ0n) is 10.9. The Hall–Kier alpha value is -1.01. The number of nitrogens with one attached hydrogen (secondary N) is 1. The van der Waals surface area contributed by atoms with Crippen molar-refractivity contribution >= 4 is 29.2 Å². The molecule has 2 rings (SSSR count). The maximum atomic E-state index is 11.0. The Balaban J connectivity index is 2.29. The number of hydrogen-bond acceptors (Lipinski definition) is 4. The first-order valence-corrected chi connectivity index (χ1v) is 6.86. The molecule has 0 radical (unpaired) electrons. The van der Waals surface area contributed by atoms with Gasteiger partial charge in [-0.2, -0.15) is 0 Å². The molecule has 0 aliphatic carbocycles. The van der Waals surface area contributed by atoms with Crippen LogP contribution in [-0.4, -0.2) is 31.5 Å². The number of carboxylic acid groups (broad SMARTS) is 1. The quantitative estimate of drug-likeness (QED) is 0.817. The monoisotopic (exact) mass is 319 g/mol. The van der Waals surface area contributed by atoms with Gasteiger partial charge < -0.3 is 19.9 Å². The number of rotatable bonds is 5. The fourth-order valence-corrected chi connectivity index (χ4v) is 2.72. The van der Waals surface area contributed by atoms with Crippen molar-refractivity contribution in [2.45, 2.75) is 12.5 Å². The van der Waals surface area contributed by atoms with Crippen LogP contribution < -0.4 is 10.1 Å². The topological polar surface area (TPSA) is 67.8 Å². The third kappa shape index (κ3) is 3.17. The lowest BCUT2D eigenvalue weighted by atomic mass is 9.99. The van der Waals surface area contributed by atoms with E-state index in [1.54, 1.807) is 12.1 Å². The largest absolute Gasteiger partial charge is 0.481 e. The molecule has 2 atom stereocenters. The van der Waals surface area contributed by atoms with E-state index >= 15 is 0 Å². The number of carbonyl (C=O) groups is 1. The van der Waals surface area contributed by atoms with Crippen molar-refractivity contribution in [3.05, 3.63) is 27.7 Å². The highest BCUT2D eigenvalue weighted by molar-refractivity contribution is 6.42. The maximum absolute atomic E-state index is 11.0. The summed E-state index contributed by atoms with van der Waals surface area (Å²) < 4.78 is 10.4. The molecule has 20 heavy (non-hydrogen) atoms. The Bertz CT molecular complexity index is 509. The predicted octanol–water partition coefficient (Wildman–Crippen LogP) is 2.71. The molecule has 5 nitrogen and oxygen atoms in total. The highest BCUT2D eigenvalue weighted by atomic mass is 35.5. The number of carboxylic acids is 1. The van der Waals surface area contributed by atoms with Crippen LogP contribution in [0, 0.1) is 5.92 Å². The smallest absolute Gasteiger partial charge is 0.307 e. The van der Waals surface area contributed by atoms with Crippen LogP contribution in [0.1, 0.15) is 18.0 Å². The van der Waals surface area contributed by atoms with E-state index in [1.807, 2.05) is 0 Å². The molecule has 2 N–H and O–H groups in total. The van der Waals surface area contributed by atoms with E-state index in [0.717, 1.165) is 0 Å². The van der Waals surface area contributed by atoms with Crippen LogP contribution >= 0.6 is 23.2 Å². The summed E-state index contributed by atoms with van der Waals surface area (Å²) in [4.78, 5) is 11.0. The number of methoxy groups -OCH3 is 1. The van der Waals surface area contributed by atoms with Gasteiger partial charge in [0.25, 0.3) is 0 Å². The van der Waals surface area contributed by atoms with Crippen molar-refractivity contribution < 1.29 is 19.4 Å². The van der Waals surface area contributed by atoms with Crippen molar-refractivity contribution in [1.29, 1.82) is 0 Å². The highest BCUT2D eigenvalue weighted by Gasteiger charge is 2.33. The van der Waals surface area contributed by atoms with E-state index in [9.17, 15) is 4.79 Å². The molecule has 1 heterocycles. The predicted molar refractivity (Wildman–Crippen MR) is 75.5 cm³/mol. The van der Waals surface area contributed by atoms with Crippen LogP contribution in [0.4, 0.5) is 0 Å². The van der Waals surface area contributed by atoms with Gasteiger partial charge in [-0.3, -0.25) is 4.79 Å². The second-order valence-electron chi connectivity index (χ2n) is 4.56. The molecule has 1 fully saturated rings. The fourth-order valence-electron chi connectivity index (χ4n) is 2.27. The van der Waals surface area contributed by atoms with Crippen LogP contribution in [-0.2, 0) is 9.53 Å². The molecule has 110 valence electrons. The third-order valence-corrected chi connectivity index (χ3v) is 4.07. The summed E-state index contributed by atoms with van der Waals surface area (Å²) in [5, 5.41) is 13.0. The van der Waals surface area contributed by atoms with Crippen LogP contribution in [0.15, 0.2) is 12.1 Å². The van der Waals surface area contributed by atoms with Crippen LogP contribution in [0.5, 0.6) is 5.75 Å². The van der Waals surface area contributed by atoms with Gasteiger partial charge in [0.05, 0.1) is 16.0 Å². The molecule has 0 amide bonds. The zero-order chi connectivity index (χ0) is 14.7. The van der Waals surface area contributed by atoms with Crippen LogP contribution in [0.2, 0.25) is 10.0 Å². The van der Waals surface area contributed by atoms with Crippen molar-refractivity contribution in [2.75, 3.05) is 20.4 Å². The van der Waals surface area contributed by atoms with Gasteiger partial charge in [-0.25, -0.2) is 0 Å². The van der Waals surface area contributed by atoms with E-state index < -0.39 is 11.9 Å². The number of ether oxygens (including phenoxy) is 2. The first-order valence-electron chi connectivity index (χ1n) is 6.10. The van der Waals surface area contributed by atoms with Gasteiger partial charge in [0.15, 0.2) is 6.79 Å². The Morgan fingerprint density at radius 2 is 2.25 bits per heavy atom. The van der Waals surface area contributed by atoms with E-state index in [-0.39, 0.29) is 12.8 Å². The minimum absolute atomic E-state index is 0.0834. The maximum Gasteiger partial charge on any atom is 0.307 e. The van der Waals surface area contributed by atoms with Crippen molar-refractivity contribution in [3.63, 3.8) is 0 Å². The summed E-state index contributed by atoms with van der Waals surface area (Å²) in [6.45, 7) is 0.479. The minimum atomic E-state index is -0.822. The van der Waals surface area contributed by atoms with Gasteiger partial charge in [-0.15, -0.1) is 0 Å². The van der Waals surface area contributed by atoms with Gasteiger partial charge in [0.2, 0.25) is 0 Å². The zero-order valence-corrected chi connectivity index (χ0v) is 12.4. The number of hydrogen-bond donors (Lipinski definition) is 2. The van der Waals surface area contributed by atoms with Crippen molar-refractivity contribution in [3.8, 4) is 5.75 Å². The Labute approximate surface area is 126 Å². The first kappa shape index (κ1) is 15.4. The van der Waals surface area contributed by atoms with Gasteiger partial charge in [0, 0.05) is 25.3 Å². The lowest BCUT2D eigenvalue weighted by molar-refractivity contribution is -0.141. The molecular formula is C13H15Cl2NO4. The minimum Gasteiger partial charge on any atom is -0.481 e. The van der Waals surface area contributed by atoms with E-state index in [0.29, 0.717) is 34.3 Å². The summed E-state index contributed by atoms with van der Waals surface area (Å²) >= 11 is 12.3. The van der Waals surface area contributed by atoms with Gasteiger partial charge in [-0.05, 0) is 18.6 Å². The third-order valence-electron chi connectivity index (χ3n) is 3.25. The lowest BCUT2D eigenvalue weighted by Gasteiger charge is -2.18. The summed E-state index contributed by atoms with van der Waals surface area (Å²) in [6, 6.07) is 3.15. The number of benzene rings is 1. The number of halogens is 2. The summed E-state index contributed by atoms with van der Waals surface area (Å²) in [5.41, 5.74) is 0.681. The molecule has 7 heteroatoms. The van der Waals surface area contributed by atoms with Gasteiger partial charge >= 0.3 is 5.97 Å². The lowest BCUT2D eigenvalue weighted by Crippen LogP contribution is -2.18. The van der Waals surface area contributed by atoms with Crippen molar-refractivity contribution in [1.82, 2.24) is 5.32 Å². The summed E-state index contributed by atoms with van der Waals surface area (Å²) in [6.07, 6.45) is 0.443. The SMILES string of the molecule is COCOc1ccc(Cl)c(Cl)c1C1CC(C(=O)O)CN1. The fraction of sp³-hybridized carbons (Fsp3) is 0.462. The Morgan fingerprint density at radius 1 is 1.50 bits per heavy atom. The van der Waals surface area contributed by atoms with Crippen LogP contribution in [0.3, 0.4) is 0 Å². The standard InChI is InChI=1S/C13H15Cl2NO4/c1-19-6-20-10-3-2-8(14)12(15)11(10)9-4-7(5-16-9)13(17)18/h2-3,7,9,16H,4-6H2,1H3,(H,17,18). The van der Waals surface area contributed by atoms with Gasteiger partial charge in [-0.1, -0.05) is 23.2 Å². The highest BCUT2D eigenvalue weighted by Crippen LogP contribution is 2.41. The molecule has 1 aromatic rings. The molecule has 2 unspecified atom stereocenters. The molecule has 0 saturated carbocycles. The second-order valence-corrected chi connectivity index (χ2v) is 5.34. The van der Waals surface area contributed by atoms with Gasteiger partial charge in [0.1, 0.15) is 5.75 Å². The molecule has 1 saturated heterocycles. The molecule has 0 spiro atoms. The normalized spacial score (nSPS) is 21.9. The summed E-state index contributed by atoms with van der Waals surface area (Å²) in [7, 11) is 1.52. The Morgan fingerprint density at radius 3 is 2.85 bits per heavy atom. The van der Waals surface area contributed by atoms with E-state index in [4.69, 9.17) is 37.8 Å². The molecular weight excluding hydrogens is 305 g/mol. The average molecular weight is 320 g/mol. The van der Waals surface area contributed by atoms with E-state index in [1.165, 1.54) is 7.11 Å². The molecule has 0 bridgehead atoms. The molecule has 1 aliphatic heterocycles. The molecule has 1 aliphatic rings. The first-order chi connectivity index (χ1) is 9.54. The molecule has 0 aromatic heterocycles. The summed E-state index contributed by atoms with van der Waals surface area (Å²) in [5.74, 6) is -0.715. The molecule has 1 aromatic carbocycles. The second kappa shape index (κ2) is 6.63. The Kier molecular flexibility index (Phi) is 5.10. The van der Waals surface area contributed by atoms with Crippen molar-refractivity contribution in [2.24, 2.45) is 5.92 Å². The van der Waals surface area contributed by atoms with E-state index in [2.05, 4.69) is 5.32 Å². The number of aliphatic carboxylic acids is 1.